The largest absolute Gasteiger partial charge is 0.387 e. The average molecular weight is 347 g/mol. The molecule has 0 unspecified atom stereocenters. The smallest absolute Gasteiger partial charge is 0.146 e. The molecule has 1 aliphatic heterocycles. The van der Waals surface area contributed by atoms with E-state index < -0.39 is 11.0 Å². The van der Waals surface area contributed by atoms with E-state index >= 15 is 0 Å². The Morgan fingerprint density at radius 2 is 1.92 bits per heavy atom. The Hall–Kier alpha value is -1.97. The zero-order valence-electron chi connectivity index (χ0n) is 15.0. The van der Waals surface area contributed by atoms with E-state index in [-0.39, 0.29) is 11.8 Å². The second-order valence-electron chi connectivity index (χ2n) is 8.22. The molecule has 0 aromatic heterocycles. The van der Waals surface area contributed by atoms with Crippen molar-refractivity contribution in [3.05, 3.63) is 70.8 Å². The van der Waals surface area contributed by atoms with E-state index in [1.54, 1.807) is 0 Å². The Balaban J connectivity index is 1.64. The Bertz CT molecular complexity index is 862. The minimum Gasteiger partial charge on any atom is -0.387 e. The number of Topliss-reactive ketones (excluding diaryl/α,β-unsaturated/α-hetero) is 1. The summed E-state index contributed by atoms with van der Waals surface area (Å²) in [5.74, 6) is 0.246. The number of carbonyl (C=O) groups is 1. The number of carbonyl (C=O) groups excluding carboxylic acids is 1. The van der Waals surface area contributed by atoms with Gasteiger partial charge < -0.3 is 10.4 Å². The number of aliphatic hydroxyl groups is 1. The van der Waals surface area contributed by atoms with Gasteiger partial charge in [0.15, 0.2) is 0 Å². The van der Waals surface area contributed by atoms with Crippen LogP contribution in [0, 0.1) is 0 Å². The van der Waals surface area contributed by atoms with Crippen LogP contribution in [-0.4, -0.2) is 29.1 Å². The highest BCUT2D eigenvalue weighted by Gasteiger charge is 2.65. The van der Waals surface area contributed by atoms with Crippen molar-refractivity contribution in [3.63, 3.8) is 0 Å². The highest BCUT2D eigenvalue weighted by Crippen LogP contribution is 2.54. The van der Waals surface area contributed by atoms with Gasteiger partial charge in [-0.2, -0.15) is 0 Å². The van der Waals surface area contributed by atoms with Gasteiger partial charge in [0.1, 0.15) is 5.78 Å². The molecule has 3 heteroatoms. The van der Waals surface area contributed by atoms with Crippen molar-refractivity contribution in [1.29, 1.82) is 0 Å². The number of ketones is 1. The van der Waals surface area contributed by atoms with E-state index in [0.29, 0.717) is 12.8 Å². The van der Waals surface area contributed by atoms with Crippen molar-refractivity contribution in [3.8, 4) is 0 Å². The molecule has 134 valence electrons. The van der Waals surface area contributed by atoms with Crippen LogP contribution in [0.3, 0.4) is 0 Å². The van der Waals surface area contributed by atoms with Gasteiger partial charge in [0.25, 0.3) is 0 Å². The van der Waals surface area contributed by atoms with Crippen molar-refractivity contribution >= 4 is 5.78 Å². The molecule has 0 amide bonds. The minimum absolute atomic E-state index is 0.00651. The molecule has 0 radical (unpaired) electrons. The molecule has 1 saturated heterocycles. The van der Waals surface area contributed by atoms with E-state index in [2.05, 4.69) is 47.8 Å². The van der Waals surface area contributed by atoms with Gasteiger partial charge >= 0.3 is 0 Å². The monoisotopic (exact) mass is 347 g/mol. The van der Waals surface area contributed by atoms with Crippen LogP contribution in [0.4, 0.5) is 0 Å². The molecule has 2 fully saturated rings. The van der Waals surface area contributed by atoms with Gasteiger partial charge in [-0.25, -0.2) is 0 Å². The summed E-state index contributed by atoms with van der Waals surface area (Å²) in [7, 11) is 0. The third-order valence-electron chi connectivity index (χ3n) is 6.95. The second kappa shape index (κ2) is 5.77. The predicted octanol–water partition coefficient (Wildman–Crippen LogP) is 2.92. The van der Waals surface area contributed by atoms with Crippen LogP contribution >= 0.6 is 0 Å². The van der Waals surface area contributed by atoms with Crippen LogP contribution in [-0.2, 0) is 23.1 Å². The molecule has 2 aromatic carbocycles. The fourth-order valence-electron chi connectivity index (χ4n) is 5.74. The number of hydrogen-bond acceptors (Lipinski definition) is 3. The summed E-state index contributed by atoms with van der Waals surface area (Å²) in [5.41, 5.74) is 3.20. The molecule has 2 aromatic rings. The van der Waals surface area contributed by atoms with Crippen molar-refractivity contribution in [2.75, 3.05) is 6.54 Å². The Labute approximate surface area is 154 Å². The van der Waals surface area contributed by atoms with E-state index in [1.807, 2.05) is 6.07 Å². The van der Waals surface area contributed by atoms with Gasteiger partial charge in [-0.3, -0.25) is 4.79 Å². The standard InChI is InChI=1S/C23H25NO2/c25-21-7-4-10-23(26)20-15-18-9-8-17(13-16-5-2-1-3-6-16)14-19(18)22(21,23)11-12-24-20/h1-3,5-6,8-9,14,20,24,26H,4,7,10-13,15H2/t20-,22+,23-/m1/s1. The molecule has 2 N–H and O–H groups in total. The maximum absolute atomic E-state index is 13.2. The Morgan fingerprint density at radius 3 is 2.77 bits per heavy atom. The summed E-state index contributed by atoms with van der Waals surface area (Å²) in [6.45, 7) is 0.807. The summed E-state index contributed by atoms with van der Waals surface area (Å²) in [4.78, 5) is 13.2. The minimum atomic E-state index is -0.932. The van der Waals surface area contributed by atoms with Crippen LogP contribution in [0.1, 0.15) is 47.9 Å². The van der Waals surface area contributed by atoms with Crippen molar-refractivity contribution in [2.45, 2.75) is 55.6 Å². The molecule has 3 aliphatic rings. The number of nitrogens with one attached hydrogen (secondary N) is 1. The van der Waals surface area contributed by atoms with E-state index in [9.17, 15) is 9.90 Å². The highest BCUT2D eigenvalue weighted by atomic mass is 16.3. The maximum Gasteiger partial charge on any atom is 0.146 e. The number of benzene rings is 2. The summed E-state index contributed by atoms with van der Waals surface area (Å²) < 4.78 is 0. The lowest BCUT2D eigenvalue weighted by Gasteiger charge is -2.59. The molecule has 5 rings (SSSR count). The first kappa shape index (κ1) is 16.2. The lowest BCUT2D eigenvalue weighted by atomic mass is 9.49. The summed E-state index contributed by atoms with van der Waals surface area (Å²) in [5, 5.41) is 15.2. The third-order valence-corrected chi connectivity index (χ3v) is 6.95. The quantitative estimate of drug-likeness (QED) is 0.878. The summed E-state index contributed by atoms with van der Waals surface area (Å²) >= 11 is 0. The van der Waals surface area contributed by atoms with Gasteiger partial charge in [0, 0.05) is 12.5 Å². The topological polar surface area (TPSA) is 49.3 Å². The normalized spacial score (nSPS) is 32.7. The van der Waals surface area contributed by atoms with Gasteiger partial charge in [-0.1, -0.05) is 48.5 Å². The first-order chi connectivity index (χ1) is 12.6. The van der Waals surface area contributed by atoms with Crippen LogP contribution in [0.5, 0.6) is 0 Å². The molecule has 26 heavy (non-hydrogen) atoms. The van der Waals surface area contributed by atoms with Gasteiger partial charge in [0.2, 0.25) is 0 Å². The molecule has 3 atom stereocenters. The Morgan fingerprint density at radius 1 is 1.08 bits per heavy atom. The van der Waals surface area contributed by atoms with Crippen LogP contribution in [0.2, 0.25) is 0 Å². The molecule has 3 nitrogen and oxygen atoms in total. The number of hydrogen-bond donors (Lipinski definition) is 2. The maximum atomic E-state index is 13.2. The van der Waals surface area contributed by atoms with Crippen LogP contribution in [0.25, 0.3) is 0 Å². The molecular weight excluding hydrogens is 322 g/mol. The fourth-order valence-corrected chi connectivity index (χ4v) is 5.74. The summed E-state index contributed by atoms with van der Waals surface area (Å²) in [6.07, 6.45) is 4.50. The molecule has 2 bridgehead atoms. The summed E-state index contributed by atoms with van der Waals surface area (Å²) in [6, 6.07) is 17.0. The first-order valence-corrected chi connectivity index (χ1v) is 9.79. The lowest BCUT2D eigenvalue weighted by molar-refractivity contribution is -0.158. The second-order valence-corrected chi connectivity index (χ2v) is 8.22. The molecule has 1 saturated carbocycles. The van der Waals surface area contributed by atoms with Gasteiger partial charge in [-0.05, 0) is 60.9 Å². The zero-order chi connectivity index (χ0) is 17.8. The lowest BCUT2D eigenvalue weighted by Crippen LogP contribution is -2.74. The van der Waals surface area contributed by atoms with E-state index in [1.165, 1.54) is 16.7 Å². The van der Waals surface area contributed by atoms with Crippen molar-refractivity contribution < 1.29 is 9.90 Å². The average Bonchev–Trinajstić information content (AvgIpc) is 2.63. The van der Waals surface area contributed by atoms with Crippen LogP contribution < -0.4 is 5.32 Å². The number of fused-ring (bicyclic) bond motifs is 1. The fraction of sp³-hybridized carbons (Fsp3) is 0.435. The van der Waals surface area contributed by atoms with Gasteiger partial charge in [-0.15, -0.1) is 0 Å². The van der Waals surface area contributed by atoms with E-state index in [4.69, 9.17) is 0 Å². The van der Waals surface area contributed by atoms with Crippen molar-refractivity contribution in [1.82, 2.24) is 5.32 Å². The Kier molecular flexibility index (Phi) is 3.60. The van der Waals surface area contributed by atoms with Crippen LogP contribution in [0.15, 0.2) is 48.5 Å². The van der Waals surface area contributed by atoms with E-state index in [0.717, 1.165) is 37.8 Å². The molecular formula is C23H25NO2. The molecule has 2 aliphatic carbocycles. The zero-order valence-corrected chi connectivity index (χ0v) is 15.0. The first-order valence-electron chi connectivity index (χ1n) is 9.79. The SMILES string of the molecule is O=C1CCC[C@@]2(O)[C@H]3Cc4ccc(Cc5ccccc5)cc4[C@@]12CCN3. The highest BCUT2D eigenvalue weighted by molar-refractivity contribution is 5.94. The predicted molar refractivity (Wildman–Crippen MR) is 101 cm³/mol. The number of piperidine rings is 1. The molecule has 1 heterocycles. The number of rotatable bonds is 2. The van der Waals surface area contributed by atoms with Crippen molar-refractivity contribution in [2.24, 2.45) is 0 Å². The van der Waals surface area contributed by atoms with Gasteiger partial charge in [0.05, 0.1) is 11.0 Å². The molecule has 0 spiro atoms. The third kappa shape index (κ3) is 2.11.